The third-order valence-electron chi connectivity index (χ3n) is 6.65. The fourth-order valence-corrected chi connectivity index (χ4v) is 4.83. The molecule has 2 aliphatic rings. The van der Waals surface area contributed by atoms with Crippen molar-refractivity contribution in [3.8, 4) is 5.75 Å². The van der Waals surface area contributed by atoms with E-state index in [0.717, 1.165) is 28.3 Å². The van der Waals surface area contributed by atoms with E-state index >= 15 is 0 Å². The number of methoxy groups -OCH3 is 1. The lowest BCUT2D eigenvalue weighted by Crippen LogP contribution is -2.56. The molecule has 0 aliphatic carbocycles. The van der Waals surface area contributed by atoms with Gasteiger partial charge in [-0.3, -0.25) is 19.4 Å². The molecule has 0 atom stereocenters. The number of piperidine rings is 1. The highest BCUT2D eigenvalue weighted by atomic mass is 16.5. The number of primary amides is 1. The Morgan fingerprint density at radius 3 is 2.27 bits per heavy atom. The molecule has 2 N–H and O–H groups in total. The van der Waals surface area contributed by atoms with E-state index < -0.39 is 17.5 Å². The Labute approximate surface area is 193 Å². The first kappa shape index (κ1) is 22.8. The van der Waals surface area contributed by atoms with Gasteiger partial charge in [-0.15, -0.1) is 0 Å². The summed E-state index contributed by atoms with van der Waals surface area (Å²) in [6.45, 7) is 2.16. The lowest BCUT2D eigenvalue weighted by molar-refractivity contribution is -0.137. The van der Waals surface area contributed by atoms with Gasteiger partial charge in [0.25, 0.3) is 5.91 Å². The van der Waals surface area contributed by atoms with E-state index in [1.807, 2.05) is 54.6 Å². The van der Waals surface area contributed by atoms with E-state index in [-0.39, 0.29) is 12.5 Å². The number of hydrogen-bond acceptors (Lipinski definition) is 5. The number of urea groups is 1. The van der Waals surface area contributed by atoms with Crippen LogP contribution >= 0.6 is 0 Å². The van der Waals surface area contributed by atoms with Crippen LogP contribution < -0.4 is 10.5 Å². The molecule has 2 heterocycles. The number of hydrogen-bond donors (Lipinski definition) is 1. The fraction of sp³-hybridized carbons (Fsp3) is 0.400. The number of amides is 4. The average Bonchev–Trinajstić information content (AvgIpc) is 3.01. The second-order valence-electron chi connectivity index (χ2n) is 8.68. The molecule has 33 heavy (non-hydrogen) atoms. The zero-order valence-corrected chi connectivity index (χ0v) is 18.9. The van der Waals surface area contributed by atoms with Gasteiger partial charge in [0.1, 0.15) is 17.8 Å². The number of imide groups is 1. The molecule has 2 saturated heterocycles. The normalized spacial score (nSPS) is 18.2. The third-order valence-corrected chi connectivity index (χ3v) is 6.65. The molecular weight excluding hydrogens is 420 g/mol. The highest BCUT2D eigenvalue weighted by Gasteiger charge is 2.57. The van der Waals surface area contributed by atoms with Crippen LogP contribution in [0.4, 0.5) is 4.79 Å². The summed E-state index contributed by atoms with van der Waals surface area (Å²) < 4.78 is 5.22. The van der Waals surface area contributed by atoms with Crippen molar-refractivity contribution in [2.75, 3.05) is 33.3 Å². The number of carbonyl (C=O) groups is 3. The fourth-order valence-electron chi connectivity index (χ4n) is 4.83. The van der Waals surface area contributed by atoms with Crippen LogP contribution in [0.25, 0.3) is 0 Å². The molecule has 174 valence electrons. The summed E-state index contributed by atoms with van der Waals surface area (Å²) in [4.78, 5) is 43.1. The van der Waals surface area contributed by atoms with Crippen LogP contribution in [0.3, 0.4) is 0 Å². The highest BCUT2D eigenvalue weighted by molar-refractivity contribution is 6.09. The Morgan fingerprint density at radius 2 is 1.67 bits per heavy atom. The van der Waals surface area contributed by atoms with Gasteiger partial charge in [-0.2, -0.15) is 0 Å². The number of ether oxygens (including phenoxy) is 1. The van der Waals surface area contributed by atoms with E-state index in [0.29, 0.717) is 38.9 Å². The Balaban J connectivity index is 1.48. The van der Waals surface area contributed by atoms with E-state index in [1.54, 1.807) is 12.0 Å². The molecule has 0 unspecified atom stereocenters. The first-order chi connectivity index (χ1) is 15.9. The van der Waals surface area contributed by atoms with Crippen molar-refractivity contribution in [3.05, 3.63) is 65.7 Å². The minimum atomic E-state index is -0.919. The SMILES string of the molecule is COc1ccc(CN2CCC3(CC2)C(=O)N(CC(N)=O)C(=O)N3CCc2ccccc2)cc1. The summed E-state index contributed by atoms with van der Waals surface area (Å²) in [5, 5.41) is 0. The zero-order chi connectivity index (χ0) is 23.4. The van der Waals surface area contributed by atoms with Gasteiger partial charge in [0.2, 0.25) is 5.91 Å². The number of carbonyl (C=O) groups excluding carboxylic acids is 3. The zero-order valence-electron chi connectivity index (χ0n) is 18.9. The van der Waals surface area contributed by atoms with Crippen LogP contribution in [0.2, 0.25) is 0 Å². The van der Waals surface area contributed by atoms with Gasteiger partial charge in [-0.05, 0) is 42.5 Å². The van der Waals surface area contributed by atoms with Crippen LogP contribution in [0.15, 0.2) is 54.6 Å². The largest absolute Gasteiger partial charge is 0.497 e. The van der Waals surface area contributed by atoms with Crippen LogP contribution in [-0.4, -0.2) is 71.4 Å². The molecule has 1 spiro atoms. The van der Waals surface area contributed by atoms with Gasteiger partial charge in [-0.25, -0.2) is 4.79 Å². The van der Waals surface area contributed by atoms with Crippen molar-refractivity contribution in [1.82, 2.24) is 14.7 Å². The molecule has 0 bridgehead atoms. The predicted octanol–water partition coefficient (Wildman–Crippen LogP) is 2.02. The Morgan fingerprint density at radius 1 is 1.00 bits per heavy atom. The molecular formula is C25H30N4O4. The summed E-state index contributed by atoms with van der Waals surface area (Å²) in [7, 11) is 1.64. The molecule has 4 rings (SSSR count). The second-order valence-corrected chi connectivity index (χ2v) is 8.68. The monoisotopic (exact) mass is 450 g/mol. The summed E-state index contributed by atoms with van der Waals surface area (Å²) in [6, 6.07) is 17.4. The molecule has 2 aromatic carbocycles. The van der Waals surface area contributed by atoms with Gasteiger partial charge in [0.15, 0.2) is 0 Å². The minimum absolute atomic E-state index is 0.302. The molecule has 0 saturated carbocycles. The summed E-state index contributed by atoms with van der Waals surface area (Å²) >= 11 is 0. The van der Waals surface area contributed by atoms with Crippen molar-refractivity contribution in [3.63, 3.8) is 0 Å². The van der Waals surface area contributed by atoms with Gasteiger partial charge >= 0.3 is 6.03 Å². The summed E-state index contributed by atoms with van der Waals surface area (Å²) in [5.41, 5.74) is 6.67. The van der Waals surface area contributed by atoms with Crippen LogP contribution in [0, 0.1) is 0 Å². The van der Waals surface area contributed by atoms with Crippen molar-refractivity contribution in [2.45, 2.75) is 31.3 Å². The van der Waals surface area contributed by atoms with Crippen LogP contribution in [0.1, 0.15) is 24.0 Å². The first-order valence-electron chi connectivity index (χ1n) is 11.2. The lowest BCUT2D eigenvalue weighted by Gasteiger charge is -2.42. The van der Waals surface area contributed by atoms with Gasteiger partial charge in [-0.1, -0.05) is 42.5 Å². The predicted molar refractivity (Wildman–Crippen MR) is 123 cm³/mol. The smallest absolute Gasteiger partial charge is 0.328 e. The topological polar surface area (TPSA) is 96.2 Å². The quantitative estimate of drug-likeness (QED) is 0.621. The minimum Gasteiger partial charge on any atom is -0.497 e. The maximum Gasteiger partial charge on any atom is 0.328 e. The first-order valence-corrected chi connectivity index (χ1v) is 11.2. The lowest BCUT2D eigenvalue weighted by atomic mass is 9.85. The molecule has 8 nitrogen and oxygen atoms in total. The molecule has 2 aromatic rings. The Bertz CT molecular complexity index is 1000. The second kappa shape index (κ2) is 9.62. The number of likely N-dealkylation sites (tertiary alicyclic amines) is 1. The van der Waals surface area contributed by atoms with Gasteiger partial charge in [0, 0.05) is 26.2 Å². The molecule has 4 amide bonds. The average molecular weight is 451 g/mol. The van der Waals surface area contributed by atoms with E-state index in [1.165, 1.54) is 0 Å². The van der Waals surface area contributed by atoms with Crippen molar-refractivity contribution in [1.29, 1.82) is 0 Å². The maximum atomic E-state index is 13.4. The molecule has 8 heteroatoms. The standard InChI is InChI=1S/C25H30N4O4/c1-33-21-9-7-20(8-10-21)17-27-15-12-25(13-16-27)23(31)28(18-22(26)30)24(32)29(25)14-11-19-5-3-2-4-6-19/h2-10H,11-18H2,1H3,(H2,26,30). The van der Waals surface area contributed by atoms with E-state index in [4.69, 9.17) is 10.5 Å². The van der Waals surface area contributed by atoms with Crippen LogP contribution in [0.5, 0.6) is 5.75 Å². The van der Waals surface area contributed by atoms with Crippen molar-refractivity contribution in [2.24, 2.45) is 5.73 Å². The van der Waals surface area contributed by atoms with Crippen molar-refractivity contribution >= 4 is 17.8 Å². The van der Waals surface area contributed by atoms with Gasteiger partial charge < -0.3 is 15.4 Å². The maximum absolute atomic E-state index is 13.4. The number of nitrogens with two attached hydrogens (primary N) is 1. The number of benzene rings is 2. The third kappa shape index (κ3) is 4.71. The van der Waals surface area contributed by atoms with E-state index in [9.17, 15) is 14.4 Å². The van der Waals surface area contributed by atoms with Crippen molar-refractivity contribution < 1.29 is 19.1 Å². The molecule has 0 radical (unpaired) electrons. The Hall–Kier alpha value is -3.39. The summed E-state index contributed by atoms with van der Waals surface area (Å²) in [6.07, 6.45) is 1.69. The summed E-state index contributed by atoms with van der Waals surface area (Å²) in [5.74, 6) is -0.174. The van der Waals surface area contributed by atoms with Crippen LogP contribution in [-0.2, 0) is 22.6 Å². The number of rotatable bonds is 8. The molecule has 2 aliphatic heterocycles. The van der Waals surface area contributed by atoms with E-state index in [2.05, 4.69) is 4.90 Å². The Kier molecular flexibility index (Phi) is 6.65. The molecule has 0 aromatic heterocycles. The highest BCUT2D eigenvalue weighted by Crippen LogP contribution is 2.37. The van der Waals surface area contributed by atoms with Gasteiger partial charge in [0.05, 0.1) is 7.11 Å². The molecule has 2 fully saturated rings. The number of nitrogens with zero attached hydrogens (tertiary/aromatic N) is 3.